The molecule has 0 saturated heterocycles. The number of rotatable bonds is 9. The van der Waals surface area contributed by atoms with Gasteiger partial charge in [-0.3, -0.25) is 9.36 Å². The molecule has 182 valence electrons. The van der Waals surface area contributed by atoms with Crippen LogP contribution in [0.15, 0.2) is 48.5 Å². The Kier molecular flexibility index (Phi) is 7.26. The molecule has 0 aliphatic carbocycles. The molecule has 0 spiro atoms. The highest BCUT2D eigenvalue weighted by atomic mass is 16.5. The number of hydrogen-bond acceptors (Lipinski definition) is 7. The molecule has 1 amide bonds. The summed E-state index contributed by atoms with van der Waals surface area (Å²) >= 11 is 0. The number of para-hydroxylation sites is 2. The summed E-state index contributed by atoms with van der Waals surface area (Å²) in [6.07, 6.45) is 0. The molecule has 4 aromatic rings. The molecule has 0 saturated carbocycles. The van der Waals surface area contributed by atoms with Crippen LogP contribution in [0.1, 0.15) is 41.5 Å². The van der Waals surface area contributed by atoms with Crippen molar-refractivity contribution in [3.63, 3.8) is 0 Å². The molecule has 3 N–H and O–H groups in total. The van der Waals surface area contributed by atoms with Gasteiger partial charge in [0.15, 0.2) is 5.65 Å². The second kappa shape index (κ2) is 10.5. The minimum Gasteiger partial charge on any atom is -0.462 e. The Bertz CT molecular complexity index is 1360. The highest BCUT2D eigenvalue weighted by Crippen LogP contribution is 2.31. The Morgan fingerprint density at radius 3 is 2.29 bits per heavy atom. The maximum Gasteiger partial charge on any atom is 0.344 e. The second-order valence-corrected chi connectivity index (χ2v) is 8.03. The summed E-state index contributed by atoms with van der Waals surface area (Å²) in [5.74, 6) is -0.514. The Hall–Kier alpha value is -3.98. The van der Waals surface area contributed by atoms with Crippen LogP contribution in [-0.2, 0) is 4.74 Å². The van der Waals surface area contributed by atoms with Gasteiger partial charge in [-0.2, -0.15) is 0 Å². The van der Waals surface area contributed by atoms with Crippen LogP contribution in [0.25, 0.3) is 27.9 Å². The van der Waals surface area contributed by atoms with Crippen molar-refractivity contribution >= 4 is 39.9 Å². The van der Waals surface area contributed by atoms with Gasteiger partial charge in [-0.25, -0.2) is 14.8 Å². The lowest BCUT2D eigenvalue weighted by atomic mass is 10.2. The number of anilines is 1. The first-order valence-corrected chi connectivity index (χ1v) is 11.8. The molecule has 2 aromatic carbocycles. The number of amides is 1. The molecule has 2 aromatic heterocycles. The van der Waals surface area contributed by atoms with Crippen molar-refractivity contribution in [1.82, 2.24) is 24.8 Å². The molecule has 0 unspecified atom stereocenters. The van der Waals surface area contributed by atoms with E-state index in [1.165, 1.54) is 0 Å². The molecular formula is C26H30N6O3. The SMILES string of the molecule is CCOC(=O)c1c(N)n(-c2ccc(C(=O)NCCN(CC)CC)cc2)c2nc3ccccc3nc12. The van der Waals surface area contributed by atoms with Crippen molar-refractivity contribution in [1.29, 1.82) is 0 Å². The molecule has 0 fully saturated rings. The summed E-state index contributed by atoms with van der Waals surface area (Å²) in [5.41, 5.74) is 9.98. The summed E-state index contributed by atoms with van der Waals surface area (Å²) in [5, 5.41) is 2.96. The number of nitrogens with one attached hydrogen (secondary N) is 1. The van der Waals surface area contributed by atoms with E-state index in [0.29, 0.717) is 40.0 Å². The van der Waals surface area contributed by atoms with Crippen molar-refractivity contribution < 1.29 is 14.3 Å². The van der Waals surface area contributed by atoms with Gasteiger partial charge in [-0.15, -0.1) is 0 Å². The number of carbonyl (C=O) groups is 2. The van der Waals surface area contributed by atoms with Crippen molar-refractivity contribution in [3.05, 3.63) is 59.7 Å². The molecule has 0 aliphatic heterocycles. The van der Waals surface area contributed by atoms with Crippen LogP contribution in [0.5, 0.6) is 0 Å². The fourth-order valence-corrected chi connectivity index (χ4v) is 4.06. The minimum absolute atomic E-state index is 0.146. The van der Waals surface area contributed by atoms with Crippen LogP contribution in [0.3, 0.4) is 0 Å². The van der Waals surface area contributed by atoms with Crippen LogP contribution in [0.4, 0.5) is 5.82 Å². The molecule has 0 radical (unpaired) electrons. The van der Waals surface area contributed by atoms with E-state index in [1.807, 2.05) is 24.3 Å². The normalized spacial score (nSPS) is 11.3. The summed E-state index contributed by atoms with van der Waals surface area (Å²) in [6.45, 7) is 9.40. The third kappa shape index (κ3) is 4.81. The topological polar surface area (TPSA) is 115 Å². The number of likely N-dealkylation sites (N-methyl/N-ethyl adjacent to an activating group) is 1. The highest BCUT2D eigenvalue weighted by Gasteiger charge is 2.25. The lowest BCUT2D eigenvalue weighted by Gasteiger charge is -2.18. The number of benzene rings is 2. The Morgan fingerprint density at radius 1 is 1.00 bits per heavy atom. The van der Waals surface area contributed by atoms with Crippen LogP contribution in [-0.4, -0.2) is 64.1 Å². The molecule has 35 heavy (non-hydrogen) atoms. The van der Waals surface area contributed by atoms with Gasteiger partial charge < -0.3 is 20.7 Å². The van der Waals surface area contributed by atoms with Crippen LogP contribution in [0.2, 0.25) is 0 Å². The standard InChI is InChI=1S/C26H30N6O3/c1-4-31(5-2)16-15-28-25(33)17-11-13-18(14-12-17)32-23(27)21(26(34)35-6-3)22-24(32)30-20-10-8-7-9-19(20)29-22/h7-14H,4-6,15-16,27H2,1-3H3,(H,28,33). The first-order valence-electron chi connectivity index (χ1n) is 11.8. The van der Waals surface area contributed by atoms with Gasteiger partial charge >= 0.3 is 5.97 Å². The quantitative estimate of drug-likeness (QED) is 0.357. The van der Waals surface area contributed by atoms with Gasteiger partial charge in [0.2, 0.25) is 0 Å². The average Bonchev–Trinajstić information content (AvgIpc) is 3.15. The maximum atomic E-state index is 12.8. The maximum absolute atomic E-state index is 12.8. The molecular weight excluding hydrogens is 444 g/mol. The first-order chi connectivity index (χ1) is 17.0. The summed E-state index contributed by atoms with van der Waals surface area (Å²) < 4.78 is 6.91. The zero-order valence-electron chi connectivity index (χ0n) is 20.2. The Morgan fingerprint density at radius 2 is 1.66 bits per heavy atom. The van der Waals surface area contributed by atoms with E-state index in [2.05, 4.69) is 29.0 Å². The monoisotopic (exact) mass is 474 g/mol. The largest absolute Gasteiger partial charge is 0.462 e. The van der Waals surface area contributed by atoms with Crippen LogP contribution in [0, 0.1) is 0 Å². The number of nitrogen functional groups attached to an aromatic ring is 1. The van der Waals surface area contributed by atoms with Gasteiger partial charge in [0, 0.05) is 24.3 Å². The van der Waals surface area contributed by atoms with Crippen LogP contribution < -0.4 is 11.1 Å². The van der Waals surface area contributed by atoms with E-state index in [-0.39, 0.29) is 23.9 Å². The molecule has 0 atom stereocenters. The Labute approximate surface area is 203 Å². The number of hydrogen-bond donors (Lipinski definition) is 2. The highest BCUT2D eigenvalue weighted by molar-refractivity contribution is 6.09. The lowest BCUT2D eigenvalue weighted by molar-refractivity contribution is 0.0529. The number of esters is 1. The first kappa shape index (κ1) is 24.2. The van der Waals surface area contributed by atoms with Gasteiger partial charge in [-0.1, -0.05) is 26.0 Å². The number of carbonyl (C=O) groups excluding carboxylic acids is 2. The number of nitrogens with two attached hydrogens (primary N) is 1. The summed E-state index contributed by atoms with van der Waals surface area (Å²) in [4.78, 5) is 37.0. The molecule has 9 heteroatoms. The lowest BCUT2D eigenvalue weighted by Crippen LogP contribution is -2.34. The zero-order valence-corrected chi connectivity index (χ0v) is 20.2. The van der Waals surface area contributed by atoms with Crippen LogP contribution >= 0.6 is 0 Å². The Balaban J connectivity index is 1.70. The van der Waals surface area contributed by atoms with E-state index in [4.69, 9.17) is 15.5 Å². The zero-order chi connectivity index (χ0) is 24.9. The van der Waals surface area contributed by atoms with Gasteiger partial charge in [0.05, 0.1) is 17.6 Å². The van der Waals surface area contributed by atoms with E-state index in [1.54, 1.807) is 35.8 Å². The summed E-state index contributed by atoms with van der Waals surface area (Å²) in [7, 11) is 0. The van der Waals surface area contributed by atoms with Gasteiger partial charge in [0.25, 0.3) is 5.91 Å². The molecule has 2 heterocycles. The van der Waals surface area contributed by atoms with E-state index < -0.39 is 5.97 Å². The second-order valence-electron chi connectivity index (χ2n) is 8.03. The molecule has 4 rings (SSSR count). The summed E-state index contributed by atoms with van der Waals surface area (Å²) in [6, 6.07) is 14.4. The van der Waals surface area contributed by atoms with Crippen molar-refractivity contribution in [3.8, 4) is 5.69 Å². The number of fused-ring (bicyclic) bond motifs is 2. The minimum atomic E-state index is -0.553. The fourth-order valence-electron chi connectivity index (χ4n) is 4.06. The molecule has 0 aliphatic rings. The van der Waals surface area contributed by atoms with E-state index >= 15 is 0 Å². The van der Waals surface area contributed by atoms with Crippen molar-refractivity contribution in [2.75, 3.05) is 38.5 Å². The van der Waals surface area contributed by atoms with E-state index in [0.717, 1.165) is 19.6 Å². The third-order valence-electron chi connectivity index (χ3n) is 5.97. The number of nitrogens with zero attached hydrogens (tertiary/aromatic N) is 4. The van der Waals surface area contributed by atoms with Crippen molar-refractivity contribution in [2.45, 2.75) is 20.8 Å². The molecule has 0 bridgehead atoms. The third-order valence-corrected chi connectivity index (χ3v) is 5.97. The number of ether oxygens (including phenoxy) is 1. The number of aromatic nitrogens is 3. The predicted octanol–water partition coefficient (Wildman–Crippen LogP) is 3.40. The fraction of sp³-hybridized carbons (Fsp3) is 0.308. The molecule has 9 nitrogen and oxygen atoms in total. The average molecular weight is 475 g/mol. The van der Waals surface area contributed by atoms with Gasteiger partial charge in [-0.05, 0) is 56.4 Å². The smallest absolute Gasteiger partial charge is 0.344 e. The van der Waals surface area contributed by atoms with Crippen molar-refractivity contribution in [2.24, 2.45) is 0 Å². The van der Waals surface area contributed by atoms with E-state index in [9.17, 15) is 9.59 Å². The predicted molar refractivity (Wildman–Crippen MR) is 137 cm³/mol. The van der Waals surface area contributed by atoms with Gasteiger partial charge in [0.1, 0.15) is 16.9 Å².